The van der Waals surface area contributed by atoms with Crippen LogP contribution in [0.2, 0.25) is 0 Å². The van der Waals surface area contributed by atoms with Gasteiger partial charge in [0.05, 0.1) is 5.69 Å². The first-order chi connectivity index (χ1) is 10.1. The molecule has 5 heteroatoms. The lowest BCUT2D eigenvalue weighted by Gasteiger charge is -2.20. The predicted octanol–water partition coefficient (Wildman–Crippen LogP) is 3.72. The van der Waals surface area contributed by atoms with Gasteiger partial charge in [-0.3, -0.25) is 10.2 Å². The number of nitrogens with one attached hydrogen (secondary N) is 1. The molecule has 1 aliphatic rings. The number of hydrazine groups is 1. The van der Waals surface area contributed by atoms with Crippen LogP contribution in [0.15, 0.2) is 30.3 Å². The van der Waals surface area contributed by atoms with Crippen LogP contribution >= 0.6 is 0 Å². The van der Waals surface area contributed by atoms with E-state index in [0.717, 1.165) is 30.7 Å². The molecule has 1 aromatic rings. The molecule has 2 amide bonds. The maximum absolute atomic E-state index is 12.4. The van der Waals surface area contributed by atoms with Crippen LogP contribution in [0.4, 0.5) is 10.5 Å². The highest BCUT2D eigenvalue weighted by Crippen LogP contribution is 2.29. The Hall–Kier alpha value is -2.04. The third kappa shape index (κ3) is 3.54. The molecular weight excluding hydrogens is 268 g/mol. The van der Waals surface area contributed by atoms with Gasteiger partial charge in [-0.25, -0.2) is 4.79 Å². The van der Waals surface area contributed by atoms with E-state index in [1.807, 2.05) is 18.2 Å². The zero-order valence-electron chi connectivity index (χ0n) is 12.6. The average Bonchev–Trinajstić information content (AvgIpc) is 2.69. The van der Waals surface area contributed by atoms with Gasteiger partial charge in [-0.05, 0) is 31.9 Å². The van der Waals surface area contributed by atoms with Crippen LogP contribution < -0.4 is 5.43 Å². The number of nitrogens with zero attached hydrogens (tertiary/aromatic N) is 1. The Kier molecular flexibility index (Phi) is 4.83. The van der Waals surface area contributed by atoms with Gasteiger partial charge < -0.3 is 4.74 Å². The highest BCUT2D eigenvalue weighted by Gasteiger charge is 2.50. The van der Waals surface area contributed by atoms with Crippen molar-refractivity contribution in [1.29, 1.82) is 0 Å². The van der Waals surface area contributed by atoms with E-state index in [-0.39, 0.29) is 5.91 Å². The number of hydrogen-bond acceptors (Lipinski definition) is 4. The third-order valence-electron chi connectivity index (χ3n) is 3.67. The number of carbonyl (C=O) groups is 2. The van der Waals surface area contributed by atoms with Crippen molar-refractivity contribution in [2.75, 3.05) is 5.43 Å². The molecule has 0 bridgehead atoms. The Labute approximate surface area is 125 Å². The molecule has 1 unspecified atom stereocenters. The van der Waals surface area contributed by atoms with E-state index in [0.29, 0.717) is 12.1 Å². The van der Waals surface area contributed by atoms with E-state index < -0.39 is 11.7 Å². The lowest BCUT2D eigenvalue weighted by atomic mass is 9.97. The van der Waals surface area contributed by atoms with Gasteiger partial charge in [-0.1, -0.05) is 44.4 Å². The van der Waals surface area contributed by atoms with Gasteiger partial charge in [0, 0.05) is 0 Å². The highest BCUT2D eigenvalue weighted by atomic mass is 16.6. The first kappa shape index (κ1) is 15.4. The molecule has 1 N–H and O–H groups in total. The van der Waals surface area contributed by atoms with Crippen LogP contribution in [0.3, 0.4) is 0 Å². The molecule has 1 saturated heterocycles. The van der Waals surface area contributed by atoms with E-state index in [1.54, 1.807) is 19.1 Å². The molecule has 2 rings (SSSR count). The van der Waals surface area contributed by atoms with Crippen molar-refractivity contribution in [3.8, 4) is 0 Å². The summed E-state index contributed by atoms with van der Waals surface area (Å²) in [7, 11) is 0. The molecule has 114 valence electrons. The maximum Gasteiger partial charge on any atom is 0.437 e. The molecule has 0 aromatic heterocycles. The second-order valence-electron chi connectivity index (χ2n) is 5.53. The SMILES string of the molecule is CCCCCCC1(C)OC(=O)N(Nc2ccccc2)C1=O. The molecule has 0 radical (unpaired) electrons. The minimum absolute atomic E-state index is 0.326. The molecule has 5 nitrogen and oxygen atoms in total. The van der Waals surface area contributed by atoms with Crippen LogP contribution in [0, 0.1) is 0 Å². The molecule has 0 aliphatic carbocycles. The fourth-order valence-electron chi connectivity index (χ4n) is 2.39. The van der Waals surface area contributed by atoms with Gasteiger partial charge in [0.1, 0.15) is 0 Å². The second-order valence-corrected chi connectivity index (χ2v) is 5.53. The molecule has 1 aliphatic heterocycles. The van der Waals surface area contributed by atoms with Crippen molar-refractivity contribution in [1.82, 2.24) is 5.01 Å². The Morgan fingerprint density at radius 3 is 2.52 bits per heavy atom. The van der Waals surface area contributed by atoms with Crippen molar-refractivity contribution >= 4 is 17.7 Å². The second kappa shape index (κ2) is 6.61. The van der Waals surface area contributed by atoms with E-state index in [2.05, 4.69) is 12.3 Å². The lowest BCUT2D eigenvalue weighted by molar-refractivity contribution is -0.135. The van der Waals surface area contributed by atoms with Crippen LogP contribution in [0.1, 0.15) is 46.0 Å². The van der Waals surface area contributed by atoms with Crippen molar-refractivity contribution in [3.05, 3.63) is 30.3 Å². The quantitative estimate of drug-likeness (QED) is 0.777. The topological polar surface area (TPSA) is 58.6 Å². The third-order valence-corrected chi connectivity index (χ3v) is 3.67. The number of imide groups is 1. The van der Waals surface area contributed by atoms with Gasteiger partial charge in [-0.2, -0.15) is 5.01 Å². The van der Waals surface area contributed by atoms with Gasteiger partial charge in [0.15, 0.2) is 5.60 Å². The summed E-state index contributed by atoms with van der Waals surface area (Å²) in [6.45, 7) is 3.82. The predicted molar refractivity (Wildman–Crippen MR) is 80.6 cm³/mol. The van der Waals surface area contributed by atoms with E-state index in [9.17, 15) is 9.59 Å². The molecule has 21 heavy (non-hydrogen) atoms. The zero-order chi connectivity index (χ0) is 15.3. The van der Waals surface area contributed by atoms with Gasteiger partial charge >= 0.3 is 6.09 Å². The van der Waals surface area contributed by atoms with Crippen molar-refractivity contribution in [3.63, 3.8) is 0 Å². The number of cyclic esters (lactones) is 1. The molecule has 1 fully saturated rings. The number of hydrogen-bond donors (Lipinski definition) is 1. The largest absolute Gasteiger partial charge is 0.437 e. The minimum Gasteiger partial charge on any atom is -0.431 e. The van der Waals surface area contributed by atoms with Crippen LogP contribution in [-0.2, 0) is 9.53 Å². The van der Waals surface area contributed by atoms with Crippen LogP contribution in [0.5, 0.6) is 0 Å². The van der Waals surface area contributed by atoms with Crippen LogP contribution in [0.25, 0.3) is 0 Å². The van der Waals surface area contributed by atoms with E-state index in [4.69, 9.17) is 4.74 Å². The van der Waals surface area contributed by atoms with E-state index >= 15 is 0 Å². The number of rotatable bonds is 7. The summed E-state index contributed by atoms with van der Waals surface area (Å²) in [6, 6.07) is 9.11. The molecule has 1 aromatic carbocycles. The Morgan fingerprint density at radius 2 is 1.86 bits per heavy atom. The average molecular weight is 290 g/mol. The summed E-state index contributed by atoms with van der Waals surface area (Å²) in [5.74, 6) is -0.326. The lowest BCUT2D eigenvalue weighted by Crippen LogP contribution is -2.41. The number of para-hydroxylation sites is 1. The fraction of sp³-hybridized carbons (Fsp3) is 0.500. The summed E-state index contributed by atoms with van der Waals surface area (Å²) in [5.41, 5.74) is 2.44. The van der Waals surface area contributed by atoms with Crippen molar-refractivity contribution in [2.24, 2.45) is 0 Å². The van der Waals surface area contributed by atoms with Crippen molar-refractivity contribution < 1.29 is 14.3 Å². The van der Waals surface area contributed by atoms with E-state index in [1.165, 1.54) is 0 Å². The summed E-state index contributed by atoms with van der Waals surface area (Å²) in [4.78, 5) is 24.3. The molecule has 0 spiro atoms. The number of carbonyl (C=O) groups excluding carboxylic acids is 2. The standard InChI is InChI=1S/C16H22N2O3/c1-3-4-5-9-12-16(2)14(19)18(15(20)21-16)17-13-10-7-6-8-11-13/h6-8,10-11,17H,3-5,9,12H2,1-2H3. The number of amides is 2. The smallest absolute Gasteiger partial charge is 0.431 e. The highest BCUT2D eigenvalue weighted by molar-refractivity contribution is 6.03. The van der Waals surface area contributed by atoms with Crippen molar-refractivity contribution in [2.45, 2.75) is 51.6 Å². The summed E-state index contributed by atoms with van der Waals surface area (Å²) >= 11 is 0. The molecule has 1 atom stereocenters. The molecule has 1 heterocycles. The number of unbranched alkanes of at least 4 members (excludes halogenated alkanes) is 3. The van der Waals surface area contributed by atoms with Gasteiger partial charge in [0.25, 0.3) is 5.91 Å². The first-order valence-electron chi connectivity index (χ1n) is 7.46. The fourth-order valence-corrected chi connectivity index (χ4v) is 2.39. The molecular formula is C16H22N2O3. The zero-order valence-corrected chi connectivity index (χ0v) is 12.6. The first-order valence-corrected chi connectivity index (χ1v) is 7.46. The maximum atomic E-state index is 12.4. The summed E-state index contributed by atoms with van der Waals surface area (Å²) < 4.78 is 5.30. The van der Waals surface area contributed by atoms with Gasteiger partial charge in [-0.15, -0.1) is 0 Å². The molecule has 0 saturated carbocycles. The minimum atomic E-state index is -1.05. The normalized spacial score (nSPS) is 21.5. The Balaban J connectivity index is 1.98. The number of anilines is 1. The number of benzene rings is 1. The van der Waals surface area contributed by atoms with Gasteiger partial charge in [0.2, 0.25) is 0 Å². The summed E-state index contributed by atoms with van der Waals surface area (Å²) in [5, 5.41) is 0.967. The monoisotopic (exact) mass is 290 g/mol. The Bertz CT molecular complexity index is 504. The number of ether oxygens (including phenoxy) is 1. The Morgan fingerprint density at radius 1 is 1.14 bits per heavy atom. The van der Waals surface area contributed by atoms with Crippen LogP contribution in [-0.4, -0.2) is 22.6 Å². The summed E-state index contributed by atoms with van der Waals surface area (Å²) in [6.07, 6.45) is 4.11.